The first-order valence-corrected chi connectivity index (χ1v) is 7.09. The standard InChI is InChI=1S/C16H25NO/c1-13-4-3-5-16(10-13)12-17-9-8-15(11-17)7-6-14(2)18/h3-5,10,14-15,18H,6-9,11-12H2,1-2H3. The van der Waals surface area contributed by atoms with Crippen LogP contribution in [0.2, 0.25) is 0 Å². The van der Waals surface area contributed by atoms with Gasteiger partial charge in [0.25, 0.3) is 0 Å². The van der Waals surface area contributed by atoms with E-state index in [1.165, 1.54) is 37.1 Å². The monoisotopic (exact) mass is 247 g/mol. The van der Waals surface area contributed by atoms with Crippen LogP contribution in [0.25, 0.3) is 0 Å². The molecule has 0 aromatic heterocycles. The molecule has 0 saturated carbocycles. The van der Waals surface area contributed by atoms with Crippen LogP contribution in [0, 0.1) is 12.8 Å². The van der Waals surface area contributed by atoms with Gasteiger partial charge in [0.15, 0.2) is 0 Å². The molecule has 1 heterocycles. The van der Waals surface area contributed by atoms with Gasteiger partial charge in [-0.2, -0.15) is 0 Å². The summed E-state index contributed by atoms with van der Waals surface area (Å²) in [5.74, 6) is 0.782. The number of nitrogens with zero attached hydrogens (tertiary/aromatic N) is 1. The van der Waals surface area contributed by atoms with Gasteiger partial charge in [-0.25, -0.2) is 0 Å². The van der Waals surface area contributed by atoms with E-state index < -0.39 is 0 Å². The van der Waals surface area contributed by atoms with E-state index in [0.717, 1.165) is 18.9 Å². The van der Waals surface area contributed by atoms with Crippen LogP contribution >= 0.6 is 0 Å². The van der Waals surface area contributed by atoms with Crippen molar-refractivity contribution in [1.82, 2.24) is 4.90 Å². The number of aryl methyl sites for hydroxylation is 1. The molecular formula is C16H25NO. The minimum atomic E-state index is -0.143. The fourth-order valence-corrected chi connectivity index (χ4v) is 2.84. The predicted octanol–water partition coefficient (Wildman–Crippen LogP) is 2.98. The van der Waals surface area contributed by atoms with E-state index in [1.54, 1.807) is 0 Å². The third-order valence-electron chi connectivity index (χ3n) is 3.85. The zero-order valence-corrected chi connectivity index (χ0v) is 11.6. The average Bonchev–Trinajstić information content (AvgIpc) is 2.74. The Hall–Kier alpha value is -0.860. The second-order valence-electron chi connectivity index (χ2n) is 5.81. The first-order chi connectivity index (χ1) is 8.63. The lowest BCUT2D eigenvalue weighted by Crippen LogP contribution is -2.20. The highest BCUT2D eigenvalue weighted by Crippen LogP contribution is 2.23. The van der Waals surface area contributed by atoms with Crippen molar-refractivity contribution in [2.45, 2.75) is 45.8 Å². The molecular weight excluding hydrogens is 222 g/mol. The van der Waals surface area contributed by atoms with Crippen molar-refractivity contribution in [1.29, 1.82) is 0 Å². The van der Waals surface area contributed by atoms with Crippen molar-refractivity contribution < 1.29 is 5.11 Å². The van der Waals surface area contributed by atoms with Crippen molar-refractivity contribution >= 4 is 0 Å². The molecule has 18 heavy (non-hydrogen) atoms. The van der Waals surface area contributed by atoms with E-state index in [4.69, 9.17) is 0 Å². The Labute approximate surface area is 111 Å². The third-order valence-corrected chi connectivity index (χ3v) is 3.85. The maximum Gasteiger partial charge on any atom is 0.0512 e. The number of rotatable bonds is 5. The minimum Gasteiger partial charge on any atom is -0.393 e. The summed E-state index contributed by atoms with van der Waals surface area (Å²) in [5.41, 5.74) is 2.77. The van der Waals surface area contributed by atoms with Crippen LogP contribution in [0.15, 0.2) is 24.3 Å². The summed E-state index contributed by atoms with van der Waals surface area (Å²) in [7, 11) is 0. The van der Waals surface area contributed by atoms with Gasteiger partial charge in [0, 0.05) is 13.1 Å². The van der Waals surface area contributed by atoms with E-state index in [0.29, 0.717) is 0 Å². The molecule has 0 radical (unpaired) electrons. The van der Waals surface area contributed by atoms with Gasteiger partial charge < -0.3 is 5.11 Å². The van der Waals surface area contributed by atoms with Gasteiger partial charge in [0.05, 0.1) is 6.10 Å². The molecule has 0 amide bonds. The second kappa shape index (κ2) is 6.35. The largest absolute Gasteiger partial charge is 0.393 e. The molecule has 0 aliphatic carbocycles. The number of aliphatic hydroxyl groups is 1. The van der Waals surface area contributed by atoms with E-state index in [1.807, 2.05) is 6.92 Å². The Morgan fingerprint density at radius 3 is 3.00 bits per heavy atom. The molecule has 1 aromatic rings. The molecule has 2 atom stereocenters. The van der Waals surface area contributed by atoms with Gasteiger partial charge in [-0.15, -0.1) is 0 Å². The summed E-state index contributed by atoms with van der Waals surface area (Å²) in [6.45, 7) is 7.52. The van der Waals surface area contributed by atoms with E-state index in [2.05, 4.69) is 36.1 Å². The Morgan fingerprint density at radius 2 is 2.28 bits per heavy atom. The zero-order chi connectivity index (χ0) is 13.0. The first kappa shape index (κ1) is 13.6. The molecule has 2 heteroatoms. The van der Waals surface area contributed by atoms with Crippen LogP contribution in [0.4, 0.5) is 0 Å². The highest BCUT2D eigenvalue weighted by molar-refractivity contribution is 5.22. The van der Waals surface area contributed by atoms with E-state index >= 15 is 0 Å². The lowest BCUT2D eigenvalue weighted by Gasteiger charge is -2.16. The second-order valence-corrected chi connectivity index (χ2v) is 5.81. The third kappa shape index (κ3) is 4.11. The van der Waals surface area contributed by atoms with E-state index in [-0.39, 0.29) is 6.10 Å². The summed E-state index contributed by atoms with van der Waals surface area (Å²) < 4.78 is 0. The van der Waals surface area contributed by atoms with Gasteiger partial charge in [0.1, 0.15) is 0 Å². The first-order valence-electron chi connectivity index (χ1n) is 7.09. The Bertz CT molecular complexity index is 375. The molecule has 2 rings (SSSR count). The molecule has 1 N–H and O–H groups in total. The lowest BCUT2D eigenvalue weighted by molar-refractivity contribution is 0.173. The molecule has 0 spiro atoms. The molecule has 2 nitrogen and oxygen atoms in total. The van der Waals surface area contributed by atoms with Crippen molar-refractivity contribution in [3.05, 3.63) is 35.4 Å². The maximum atomic E-state index is 9.33. The fourth-order valence-electron chi connectivity index (χ4n) is 2.84. The van der Waals surface area contributed by atoms with Crippen molar-refractivity contribution in [3.8, 4) is 0 Å². The number of benzene rings is 1. The number of hydrogen-bond acceptors (Lipinski definition) is 2. The molecule has 1 aliphatic heterocycles. The molecule has 1 saturated heterocycles. The highest BCUT2D eigenvalue weighted by atomic mass is 16.3. The fraction of sp³-hybridized carbons (Fsp3) is 0.625. The van der Waals surface area contributed by atoms with Gasteiger partial charge in [-0.05, 0) is 51.1 Å². The van der Waals surface area contributed by atoms with Gasteiger partial charge in [-0.3, -0.25) is 4.90 Å². The van der Waals surface area contributed by atoms with Crippen LogP contribution in [0.5, 0.6) is 0 Å². The maximum absolute atomic E-state index is 9.33. The van der Waals surface area contributed by atoms with E-state index in [9.17, 15) is 5.11 Å². The van der Waals surface area contributed by atoms with Crippen molar-refractivity contribution in [3.63, 3.8) is 0 Å². The smallest absolute Gasteiger partial charge is 0.0512 e. The summed E-state index contributed by atoms with van der Waals surface area (Å²) in [6.07, 6.45) is 3.26. The van der Waals surface area contributed by atoms with Gasteiger partial charge in [-0.1, -0.05) is 29.8 Å². The molecule has 1 fully saturated rings. The van der Waals surface area contributed by atoms with Crippen LogP contribution in [-0.4, -0.2) is 29.2 Å². The summed E-state index contributed by atoms with van der Waals surface area (Å²) in [4.78, 5) is 2.54. The molecule has 1 aliphatic rings. The quantitative estimate of drug-likeness (QED) is 0.864. The highest BCUT2D eigenvalue weighted by Gasteiger charge is 2.22. The van der Waals surface area contributed by atoms with Crippen LogP contribution in [-0.2, 0) is 6.54 Å². The molecule has 1 aromatic carbocycles. The number of aliphatic hydroxyl groups excluding tert-OH is 1. The molecule has 2 unspecified atom stereocenters. The molecule has 100 valence electrons. The van der Waals surface area contributed by atoms with Crippen molar-refractivity contribution in [2.75, 3.05) is 13.1 Å². The summed E-state index contributed by atoms with van der Waals surface area (Å²) in [6, 6.07) is 8.80. The topological polar surface area (TPSA) is 23.5 Å². The predicted molar refractivity (Wildman–Crippen MR) is 75.5 cm³/mol. The van der Waals surface area contributed by atoms with Gasteiger partial charge in [0.2, 0.25) is 0 Å². The van der Waals surface area contributed by atoms with Crippen LogP contribution < -0.4 is 0 Å². The summed E-state index contributed by atoms with van der Waals surface area (Å²) >= 11 is 0. The molecule has 0 bridgehead atoms. The van der Waals surface area contributed by atoms with Gasteiger partial charge >= 0.3 is 0 Å². The normalized spacial score (nSPS) is 22.3. The Morgan fingerprint density at radius 1 is 1.44 bits per heavy atom. The Balaban J connectivity index is 1.79. The Kier molecular flexibility index (Phi) is 4.79. The summed E-state index contributed by atoms with van der Waals surface area (Å²) in [5, 5.41) is 9.33. The van der Waals surface area contributed by atoms with Crippen LogP contribution in [0.3, 0.4) is 0 Å². The zero-order valence-electron chi connectivity index (χ0n) is 11.6. The number of likely N-dealkylation sites (tertiary alicyclic amines) is 1. The van der Waals surface area contributed by atoms with Crippen LogP contribution in [0.1, 0.15) is 37.3 Å². The lowest BCUT2D eigenvalue weighted by atomic mass is 10.0. The minimum absolute atomic E-state index is 0.143. The number of hydrogen-bond donors (Lipinski definition) is 1. The SMILES string of the molecule is Cc1cccc(CN2CCC(CCC(C)O)C2)c1. The average molecular weight is 247 g/mol. The van der Waals surface area contributed by atoms with Crippen molar-refractivity contribution in [2.24, 2.45) is 5.92 Å².